The molecular formula is C19H20FNO4S. The Morgan fingerprint density at radius 3 is 2.38 bits per heavy atom. The van der Waals surface area contributed by atoms with Gasteiger partial charge in [0.05, 0.1) is 6.61 Å². The summed E-state index contributed by atoms with van der Waals surface area (Å²) in [6.07, 6.45) is 0.860. The molecule has 0 saturated heterocycles. The zero-order valence-electron chi connectivity index (χ0n) is 14.1. The van der Waals surface area contributed by atoms with Gasteiger partial charge in [0.1, 0.15) is 11.6 Å². The lowest BCUT2D eigenvalue weighted by atomic mass is 10.3. The van der Waals surface area contributed by atoms with Crippen molar-refractivity contribution in [2.45, 2.75) is 24.2 Å². The van der Waals surface area contributed by atoms with Crippen LogP contribution in [0.1, 0.15) is 19.3 Å². The number of carbonyl (C=O) groups is 2. The Labute approximate surface area is 155 Å². The number of aliphatic carboxylic acids is 1. The Hall–Kier alpha value is -2.54. The van der Waals surface area contributed by atoms with Crippen molar-refractivity contribution < 1.29 is 23.8 Å². The van der Waals surface area contributed by atoms with E-state index in [4.69, 9.17) is 9.84 Å². The van der Waals surface area contributed by atoms with Crippen LogP contribution in [0, 0.1) is 5.82 Å². The van der Waals surface area contributed by atoms with E-state index in [1.165, 1.54) is 23.9 Å². The lowest BCUT2D eigenvalue weighted by molar-refractivity contribution is -0.137. The summed E-state index contributed by atoms with van der Waals surface area (Å²) < 4.78 is 18.3. The molecule has 0 atom stereocenters. The normalized spacial score (nSPS) is 10.3. The van der Waals surface area contributed by atoms with Crippen LogP contribution in [0.4, 0.5) is 10.1 Å². The summed E-state index contributed by atoms with van der Waals surface area (Å²) >= 11 is 1.49. The smallest absolute Gasteiger partial charge is 0.303 e. The number of rotatable bonds is 10. The molecule has 0 aliphatic heterocycles. The molecule has 0 unspecified atom stereocenters. The zero-order chi connectivity index (χ0) is 18.8. The highest BCUT2D eigenvalue weighted by Crippen LogP contribution is 2.20. The van der Waals surface area contributed by atoms with Crippen LogP contribution in [0.3, 0.4) is 0 Å². The third-order valence-electron chi connectivity index (χ3n) is 3.35. The predicted octanol–water partition coefficient (Wildman–Crippen LogP) is 4.19. The maximum atomic E-state index is 12.8. The van der Waals surface area contributed by atoms with Gasteiger partial charge in [-0.2, -0.15) is 0 Å². The topological polar surface area (TPSA) is 75.6 Å². The molecule has 0 bridgehead atoms. The third kappa shape index (κ3) is 7.57. The first-order valence-electron chi connectivity index (χ1n) is 8.16. The molecule has 0 fully saturated rings. The van der Waals surface area contributed by atoms with Crippen molar-refractivity contribution in [1.82, 2.24) is 0 Å². The van der Waals surface area contributed by atoms with Gasteiger partial charge < -0.3 is 15.2 Å². The number of halogens is 1. The number of carboxylic acids is 1. The summed E-state index contributed by atoms with van der Waals surface area (Å²) in [6.45, 7) is 0.332. The molecule has 2 aromatic carbocycles. The van der Waals surface area contributed by atoms with Crippen LogP contribution < -0.4 is 10.1 Å². The second-order valence-electron chi connectivity index (χ2n) is 5.47. The van der Waals surface area contributed by atoms with Gasteiger partial charge in [0, 0.05) is 29.2 Å². The molecule has 0 spiro atoms. The van der Waals surface area contributed by atoms with Crippen molar-refractivity contribution in [3.8, 4) is 5.75 Å². The van der Waals surface area contributed by atoms with Crippen LogP contribution in [0.15, 0.2) is 53.4 Å². The van der Waals surface area contributed by atoms with E-state index >= 15 is 0 Å². The molecule has 5 nitrogen and oxygen atoms in total. The van der Waals surface area contributed by atoms with E-state index in [-0.39, 0.29) is 18.1 Å². The molecule has 0 saturated carbocycles. The number of hydrogen-bond acceptors (Lipinski definition) is 4. The van der Waals surface area contributed by atoms with Gasteiger partial charge in [0.15, 0.2) is 0 Å². The van der Waals surface area contributed by atoms with E-state index in [2.05, 4.69) is 5.32 Å². The number of carboxylic acid groups (broad SMARTS) is 1. The lowest BCUT2D eigenvalue weighted by Gasteiger charge is -2.08. The molecule has 2 aromatic rings. The monoisotopic (exact) mass is 377 g/mol. The number of nitrogens with one attached hydrogen (secondary N) is 1. The van der Waals surface area contributed by atoms with E-state index in [0.29, 0.717) is 36.6 Å². The minimum atomic E-state index is -0.843. The van der Waals surface area contributed by atoms with Gasteiger partial charge in [0.25, 0.3) is 0 Å². The Morgan fingerprint density at radius 2 is 1.73 bits per heavy atom. The van der Waals surface area contributed by atoms with Gasteiger partial charge in [-0.3, -0.25) is 9.59 Å². The summed E-state index contributed by atoms with van der Waals surface area (Å²) in [7, 11) is 0. The summed E-state index contributed by atoms with van der Waals surface area (Å²) in [6, 6.07) is 13.1. The molecule has 2 rings (SSSR count). The Kier molecular flexibility index (Phi) is 7.95. The van der Waals surface area contributed by atoms with Crippen LogP contribution in [0.5, 0.6) is 5.75 Å². The van der Waals surface area contributed by atoms with Crippen LogP contribution in [-0.2, 0) is 9.59 Å². The van der Waals surface area contributed by atoms with Crippen molar-refractivity contribution in [3.63, 3.8) is 0 Å². The minimum Gasteiger partial charge on any atom is -0.494 e. The van der Waals surface area contributed by atoms with Crippen LogP contribution >= 0.6 is 11.8 Å². The molecule has 1 amide bonds. The summed E-state index contributed by atoms with van der Waals surface area (Å²) in [5.41, 5.74) is 0.666. The van der Waals surface area contributed by atoms with E-state index in [1.807, 2.05) is 0 Å². The Morgan fingerprint density at radius 1 is 1.04 bits per heavy atom. The highest BCUT2D eigenvalue weighted by molar-refractivity contribution is 7.99. The predicted molar refractivity (Wildman–Crippen MR) is 99.2 cm³/mol. The molecule has 0 aliphatic carbocycles. The maximum Gasteiger partial charge on any atom is 0.303 e. The Bertz CT molecular complexity index is 719. The number of hydrogen-bond donors (Lipinski definition) is 2. The number of amides is 1. The van der Waals surface area contributed by atoms with Crippen molar-refractivity contribution >= 4 is 29.3 Å². The standard InChI is InChI=1S/C19H20FNO4S/c20-14-3-9-17(10-4-14)26-13-11-18(22)21-15-5-7-16(8-6-15)25-12-1-2-19(23)24/h3-10H,1-2,11-13H2,(H,21,22)(H,23,24). The zero-order valence-corrected chi connectivity index (χ0v) is 14.9. The highest BCUT2D eigenvalue weighted by Gasteiger charge is 2.04. The second-order valence-corrected chi connectivity index (χ2v) is 6.64. The van der Waals surface area contributed by atoms with E-state index < -0.39 is 5.97 Å². The largest absolute Gasteiger partial charge is 0.494 e. The van der Waals surface area contributed by atoms with Crippen molar-refractivity contribution in [2.24, 2.45) is 0 Å². The van der Waals surface area contributed by atoms with Crippen molar-refractivity contribution in [3.05, 3.63) is 54.3 Å². The molecule has 7 heteroatoms. The average molecular weight is 377 g/mol. The molecule has 0 aromatic heterocycles. The number of thioether (sulfide) groups is 1. The van der Waals surface area contributed by atoms with Crippen LogP contribution in [0.2, 0.25) is 0 Å². The van der Waals surface area contributed by atoms with Crippen LogP contribution in [-0.4, -0.2) is 29.3 Å². The minimum absolute atomic E-state index is 0.0735. The molecule has 0 heterocycles. The average Bonchev–Trinajstić information content (AvgIpc) is 2.62. The molecule has 138 valence electrons. The van der Waals surface area contributed by atoms with Crippen molar-refractivity contribution in [2.75, 3.05) is 17.7 Å². The first-order chi connectivity index (χ1) is 12.5. The van der Waals surface area contributed by atoms with Gasteiger partial charge in [-0.15, -0.1) is 11.8 Å². The van der Waals surface area contributed by atoms with Gasteiger partial charge in [-0.25, -0.2) is 4.39 Å². The maximum absolute atomic E-state index is 12.8. The first-order valence-corrected chi connectivity index (χ1v) is 9.14. The number of ether oxygens (including phenoxy) is 1. The van der Waals surface area contributed by atoms with E-state index in [1.54, 1.807) is 36.4 Å². The molecule has 26 heavy (non-hydrogen) atoms. The van der Waals surface area contributed by atoms with Crippen LogP contribution in [0.25, 0.3) is 0 Å². The highest BCUT2D eigenvalue weighted by atomic mass is 32.2. The van der Waals surface area contributed by atoms with Gasteiger partial charge in [0.2, 0.25) is 5.91 Å². The van der Waals surface area contributed by atoms with E-state index in [0.717, 1.165) is 4.90 Å². The fourth-order valence-corrected chi connectivity index (χ4v) is 2.92. The summed E-state index contributed by atoms with van der Waals surface area (Å²) in [4.78, 5) is 23.3. The number of carbonyl (C=O) groups excluding carboxylic acids is 1. The fraction of sp³-hybridized carbons (Fsp3) is 0.263. The summed E-state index contributed by atoms with van der Waals surface area (Å²) in [5.74, 6) is 0.00282. The summed E-state index contributed by atoms with van der Waals surface area (Å²) in [5, 5.41) is 11.4. The third-order valence-corrected chi connectivity index (χ3v) is 4.37. The molecule has 2 N–H and O–H groups in total. The second kappa shape index (κ2) is 10.5. The molecule has 0 radical (unpaired) electrons. The quantitative estimate of drug-likeness (QED) is 0.480. The van der Waals surface area contributed by atoms with Gasteiger partial charge in [-0.05, 0) is 55.0 Å². The van der Waals surface area contributed by atoms with E-state index in [9.17, 15) is 14.0 Å². The first kappa shape index (κ1) is 19.8. The fourth-order valence-electron chi connectivity index (χ4n) is 2.06. The SMILES string of the molecule is O=C(O)CCCOc1ccc(NC(=O)CCSc2ccc(F)cc2)cc1. The molecular weight excluding hydrogens is 357 g/mol. The van der Waals surface area contributed by atoms with Gasteiger partial charge >= 0.3 is 5.97 Å². The lowest BCUT2D eigenvalue weighted by Crippen LogP contribution is -2.12. The Balaban J connectivity index is 1.68. The number of benzene rings is 2. The van der Waals surface area contributed by atoms with Gasteiger partial charge in [-0.1, -0.05) is 0 Å². The van der Waals surface area contributed by atoms with Crippen molar-refractivity contribution in [1.29, 1.82) is 0 Å². The molecule has 0 aliphatic rings. The number of anilines is 1.